The summed E-state index contributed by atoms with van der Waals surface area (Å²) >= 11 is 1.84. The molecule has 0 N–H and O–H groups in total. The standard InChI is InChI=1S/C17H18N2OS/c18-13-14-5-7-15(8-6-14)20-11-10-19-9-1-3-16(19)17-4-2-12-21-17/h2,4-8,12,16H,1,3,9-11H2. The smallest absolute Gasteiger partial charge is 0.119 e. The molecule has 1 aliphatic rings. The number of thiophene rings is 1. The van der Waals surface area contributed by atoms with E-state index in [2.05, 4.69) is 28.5 Å². The van der Waals surface area contributed by atoms with Crippen LogP contribution in [0.25, 0.3) is 0 Å². The van der Waals surface area contributed by atoms with Gasteiger partial charge in [0.05, 0.1) is 11.6 Å². The number of likely N-dealkylation sites (tertiary alicyclic amines) is 1. The molecule has 0 spiro atoms. The average molecular weight is 298 g/mol. The molecule has 1 fully saturated rings. The van der Waals surface area contributed by atoms with Gasteiger partial charge in [0.25, 0.3) is 0 Å². The fourth-order valence-corrected chi connectivity index (χ4v) is 3.70. The first kappa shape index (κ1) is 14.1. The summed E-state index contributed by atoms with van der Waals surface area (Å²) in [4.78, 5) is 3.97. The molecule has 1 atom stereocenters. The summed E-state index contributed by atoms with van der Waals surface area (Å²) in [6, 6.07) is 14.3. The van der Waals surface area contributed by atoms with Crippen LogP contribution in [-0.2, 0) is 0 Å². The van der Waals surface area contributed by atoms with E-state index in [4.69, 9.17) is 10.00 Å². The van der Waals surface area contributed by atoms with Crippen LogP contribution in [0, 0.1) is 11.3 Å². The zero-order valence-electron chi connectivity index (χ0n) is 11.9. The van der Waals surface area contributed by atoms with Crippen molar-refractivity contribution in [2.45, 2.75) is 18.9 Å². The second-order valence-corrected chi connectivity index (χ2v) is 6.17. The van der Waals surface area contributed by atoms with Crippen molar-refractivity contribution in [3.63, 3.8) is 0 Å². The molecule has 0 aliphatic carbocycles. The fraction of sp³-hybridized carbons (Fsp3) is 0.353. The maximum absolute atomic E-state index is 8.77. The minimum Gasteiger partial charge on any atom is -0.492 e. The molecule has 3 nitrogen and oxygen atoms in total. The Hall–Kier alpha value is -1.83. The van der Waals surface area contributed by atoms with E-state index in [0.717, 1.165) is 18.8 Å². The van der Waals surface area contributed by atoms with E-state index < -0.39 is 0 Å². The van der Waals surface area contributed by atoms with Gasteiger partial charge in [-0.15, -0.1) is 11.3 Å². The first-order valence-corrected chi connectivity index (χ1v) is 8.15. The number of nitriles is 1. The lowest BCUT2D eigenvalue weighted by Gasteiger charge is -2.23. The second kappa shape index (κ2) is 6.75. The largest absolute Gasteiger partial charge is 0.492 e. The Morgan fingerprint density at radius 1 is 1.29 bits per heavy atom. The van der Waals surface area contributed by atoms with Gasteiger partial charge >= 0.3 is 0 Å². The summed E-state index contributed by atoms with van der Waals surface area (Å²) in [7, 11) is 0. The molecule has 2 heterocycles. The predicted molar refractivity (Wildman–Crippen MR) is 84.5 cm³/mol. The summed E-state index contributed by atoms with van der Waals surface area (Å²) in [5.74, 6) is 0.834. The Balaban J connectivity index is 1.51. The lowest BCUT2D eigenvalue weighted by atomic mass is 10.2. The zero-order valence-corrected chi connectivity index (χ0v) is 12.7. The van der Waals surface area contributed by atoms with Gasteiger partial charge in [-0.3, -0.25) is 4.90 Å². The van der Waals surface area contributed by atoms with Gasteiger partial charge in [0.2, 0.25) is 0 Å². The number of hydrogen-bond acceptors (Lipinski definition) is 4. The summed E-state index contributed by atoms with van der Waals surface area (Å²) in [5.41, 5.74) is 0.666. The molecular weight excluding hydrogens is 280 g/mol. The minimum absolute atomic E-state index is 0.564. The first-order chi connectivity index (χ1) is 10.4. The van der Waals surface area contributed by atoms with Crippen LogP contribution >= 0.6 is 11.3 Å². The van der Waals surface area contributed by atoms with Crippen LogP contribution in [0.3, 0.4) is 0 Å². The van der Waals surface area contributed by atoms with E-state index in [1.54, 1.807) is 12.1 Å². The molecule has 1 aromatic heterocycles. The summed E-state index contributed by atoms with van der Waals surface area (Å²) < 4.78 is 5.79. The molecule has 108 valence electrons. The number of hydrogen-bond donors (Lipinski definition) is 0. The fourth-order valence-electron chi connectivity index (χ4n) is 2.80. The Labute approximate surface area is 129 Å². The molecule has 4 heteroatoms. The van der Waals surface area contributed by atoms with Crippen molar-refractivity contribution >= 4 is 11.3 Å². The third-order valence-electron chi connectivity index (χ3n) is 3.87. The lowest BCUT2D eigenvalue weighted by Crippen LogP contribution is -2.27. The molecule has 1 unspecified atom stereocenters. The average Bonchev–Trinajstić information content (AvgIpc) is 3.18. The number of rotatable bonds is 5. The highest BCUT2D eigenvalue weighted by Gasteiger charge is 2.26. The van der Waals surface area contributed by atoms with Crippen LogP contribution in [0.5, 0.6) is 5.75 Å². The molecule has 0 bridgehead atoms. The van der Waals surface area contributed by atoms with Gasteiger partial charge in [-0.25, -0.2) is 0 Å². The highest BCUT2D eigenvalue weighted by atomic mass is 32.1. The topological polar surface area (TPSA) is 36.3 Å². The van der Waals surface area contributed by atoms with Crippen molar-refractivity contribution in [1.82, 2.24) is 4.90 Å². The molecule has 2 aromatic rings. The lowest BCUT2D eigenvalue weighted by molar-refractivity contribution is 0.199. The van der Waals surface area contributed by atoms with Crippen molar-refractivity contribution in [3.8, 4) is 11.8 Å². The van der Waals surface area contributed by atoms with Gasteiger partial charge in [0, 0.05) is 17.5 Å². The minimum atomic E-state index is 0.564. The highest BCUT2D eigenvalue weighted by Crippen LogP contribution is 2.33. The number of benzene rings is 1. The molecule has 1 aromatic carbocycles. The summed E-state index contributed by atoms with van der Waals surface area (Å²) in [6.07, 6.45) is 2.51. The maximum Gasteiger partial charge on any atom is 0.119 e. The first-order valence-electron chi connectivity index (χ1n) is 7.27. The molecule has 0 radical (unpaired) electrons. The SMILES string of the molecule is N#Cc1ccc(OCCN2CCCC2c2cccs2)cc1. The quantitative estimate of drug-likeness (QED) is 0.841. The van der Waals surface area contributed by atoms with Crippen LogP contribution in [0.4, 0.5) is 0 Å². The second-order valence-electron chi connectivity index (χ2n) is 5.19. The Bertz CT molecular complexity index is 601. The van der Waals surface area contributed by atoms with E-state index >= 15 is 0 Å². The molecule has 1 aliphatic heterocycles. The molecule has 0 saturated carbocycles. The van der Waals surface area contributed by atoms with E-state index in [0.29, 0.717) is 18.2 Å². The molecular formula is C17H18N2OS. The van der Waals surface area contributed by atoms with E-state index in [1.807, 2.05) is 23.5 Å². The van der Waals surface area contributed by atoms with Crippen molar-refractivity contribution in [2.24, 2.45) is 0 Å². The Morgan fingerprint density at radius 3 is 2.86 bits per heavy atom. The maximum atomic E-state index is 8.77. The van der Waals surface area contributed by atoms with Crippen molar-refractivity contribution in [2.75, 3.05) is 19.7 Å². The molecule has 1 saturated heterocycles. The summed E-state index contributed by atoms with van der Waals surface area (Å²) in [5, 5.41) is 10.9. The zero-order chi connectivity index (χ0) is 14.5. The highest BCUT2D eigenvalue weighted by molar-refractivity contribution is 7.10. The third kappa shape index (κ3) is 3.44. The summed E-state index contributed by atoms with van der Waals surface area (Å²) in [6.45, 7) is 2.79. The molecule has 3 rings (SSSR count). The van der Waals surface area contributed by atoms with Gasteiger partial charge in [-0.05, 0) is 55.1 Å². The van der Waals surface area contributed by atoms with Crippen molar-refractivity contribution < 1.29 is 4.74 Å². The Kier molecular flexibility index (Phi) is 4.54. The van der Waals surface area contributed by atoms with Crippen LogP contribution in [-0.4, -0.2) is 24.6 Å². The van der Waals surface area contributed by atoms with E-state index in [1.165, 1.54) is 17.7 Å². The van der Waals surface area contributed by atoms with Crippen molar-refractivity contribution in [3.05, 3.63) is 52.2 Å². The van der Waals surface area contributed by atoms with Gasteiger partial charge in [-0.1, -0.05) is 6.07 Å². The molecule has 21 heavy (non-hydrogen) atoms. The van der Waals surface area contributed by atoms with Gasteiger partial charge in [0.1, 0.15) is 12.4 Å². The van der Waals surface area contributed by atoms with Crippen molar-refractivity contribution in [1.29, 1.82) is 5.26 Å². The van der Waals surface area contributed by atoms with Crippen LogP contribution in [0.1, 0.15) is 29.3 Å². The predicted octanol–water partition coefficient (Wildman–Crippen LogP) is 3.84. The van der Waals surface area contributed by atoms with Gasteiger partial charge in [0.15, 0.2) is 0 Å². The third-order valence-corrected chi connectivity index (χ3v) is 4.84. The van der Waals surface area contributed by atoms with Gasteiger partial charge in [-0.2, -0.15) is 5.26 Å². The van der Waals surface area contributed by atoms with E-state index in [-0.39, 0.29) is 0 Å². The van der Waals surface area contributed by atoms with E-state index in [9.17, 15) is 0 Å². The monoisotopic (exact) mass is 298 g/mol. The number of nitrogens with zero attached hydrogens (tertiary/aromatic N) is 2. The normalized spacial score (nSPS) is 18.5. The van der Waals surface area contributed by atoms with Crippen LogP contribution in [0.2, 0.25) is 0 Å². The van der Waals surface area contributed by atoms with Crippen LogP contribution in [0.15, 0.2) is 41.8 Å². The van der Waals surface area contributed by atoms with Gasteiger partial charge < -0.3 is 4.74 Å². The molecule has 0 amide bonds. The Morgan fingerprint density at radius 2 is 2.14 bits per heavy atom. The van der Waals surface area contributed by atoms with Crippen LogP contribution < -0.4 is 4.74 Å². The number of ether oxygens (including phenoxy) is 1.